The minimum absolute atomic E-state index is 0.130. The van der Waals surface area contributed by atoms with E-state index in [1.165, 1.54) is 16.0 Å². The van der Waals surface area contributed by atoms with Gasteiger partial charge in [0.2, 0.25) is 0 Å². The highest BCUT2D eigenvalue weighted by atomic mass is 32.1. The van der Waals surface area contributed by atoms with Crippen molar-refractivity contribution >= 4 is 34.0 Å². The molecule has 5 aromatic rings. The molecule has 0 aliphatic carbocycles. The molecule has 0 amide bonds. The van der Waals surface area contributed by atoms with Crippen LogP contribution in [0.3, 0.4) is 0 Å². The summed E-state index contributed by atoms with van der Waals surface area (Å²) in [4.78, 5) is 21.0. The molecular weight excluding hydrogens is 382 g/mol. The lowest BCUT2D eigenvalue weighted by molar-refractivity contribution is 0.0949. The summed E-state index contributed by atoms with van der Waals surface area (Å²) >= 11 is 1.41. The topological polar surface area (TPSA) is 75.6 Å². The zero-order valence-electron chi connectivity index (χ0n) is 15.6. The second-order valence-electron chi connectivity index (χ2n) is 6.61. The van der Waals surface area contributed by atoms with Gasteiger partial charge in [-0.25, -0.2) is 9.67 Å². The highest BCUT2D eigenvalue weighted by Gasteiger charge is 2.15. The fraction of sp³-hybridized carbons (Fsp3) is 0.0455. The number of hydrogen-bond acceptors (Lipinski definition) is 5. The van der Waals surface area contributed by atoms with Gasteiger partial charge in [0.15, 0.2) is 0 Å². The lowest BCUT2D eigenvalue weighted by Crippen LogP contribution is -2.10. The van der Waals surface area contributed by atoms with Crippen LogP contribution in [0.1, 0.15) is 9.67 Å². The molecule has 0 aliphatic heterocycles. The van der Waals surface area contributed by atoms with E-state index in [-0.39, 0.29) is 5.91 Å². The van der Waals surface area contributed by atoms with E-state index in [1.54, 1.807) is 18.5 Å². The number of aromatic amines is 1. The van der Waals surface area contributed by atoms with Gasteiger partial charge in [0.25, 0.3) is 5.91 Å². The number of aromatic nitrogens is 4. The molecule has 1 aromatic carbocycles. The van der Waals surface area contributed by atoms with Gasteiger partial charge in [-0.3, -0.25) is 4.79 Å². The Labute approximate surface area is 170 Å². The zero-order valence-corrected chi connectivity index (χ0v) is 16.4. The molecule has 5 rings (SSSR count). The molecule has 4 aromatic heterocycles. The predicted octanol–water partition coefficient (Wildman–Crippen LogP) is 4.89. The monoisotopic (exact) mass is 399 g/mol. The number of thiophene rings is 1. The highest BCUT2D eigenvalue weighted by molar-refractivity contribution is 7.12. The fourth-order valence-corrected chi connectivity index (χ4v) is 3.97. The first kappa shape index (κ1) is 17.4. The Morgan fingerprint density at radius 3 is 2.72 bits per heavy atom. The first-order valence-corrected chi connectivity index (χ1v) is 9.99. The Morgan fingerprint density at radius 1 is 1.10 bits per heavy atom. The number of carbonyl (C=O) groups is 1. The maximum absolute atomic E-state index is 12.5. The van der Waals surface area contributed by atoms with Gasteiger partial charge < -0.3 is 10.3 Å². The molecule has 29 heavy (non-hydrogen) atoms. The summed E-state index contributed by atoms with van der Waals surface area (Å²) in [6.45, 7) is 0. The van der Waals surface area contributed by atoms with Crippen LogP contribution in [0, 0.1) is 0 Å². The molecule has 0 bridgehead atoms. The van der Waals surface area contributed by atoms with Gasteiger partial charge in [-0.05, 0) is 35.2 Å². The number of nitrogens with one attached hydrogen (secondary N) is 2. The molecular formula is C22H17N5OS. The third-order valence-corrected chi connectivity index (χ3v) is 5.73. The minimum atomic E-state index is -0.130. The van der Waals surface area contributed by atoms with Crippen molar-refractivity contribution in [1.29, 1.82) is 0 Å². The quantitative estimate of drug-likeness (QED) is 0.451. The van der Waals surface area contributed by atoms with Gasteiger partial charge in [-0.15, -0.1) is 11.3 Å². The number of hydrogen-bond donors (Lipinski definition) is 2. The average Bonchev–Trinajstić information content (AvgIpc) is 3.53. The van der Waals surface area contributed by atoms with Crippen molar-refractivity contribution in [2.45, 2.75) is 0 Å². The number of rotatable bonds is 4. The molecule has 142 valence electrons. The molecule has 0 radical (unpaired) electrons. The average molecular weight is 399 g/mol. The van der Waals surface area contributed by atoms with Crippen LogP contribution < -0.4 is 5.32 Å². The maximum Gasteiger partial charge on any atom is 0.288 e. The van der Waals surface area contributed by atoms with Crippen LogP contribution in [0.5, 0.6) is 0 Å². The van der Waals surface area contributed by atoms with Gasteiger partial charge in [-0.1, -0.05) is 18.2 Å². The minimum Gasteiger partial charge on any atom is -0.388 e. The summed E-state index contributed by atoms with van der Waals surface area (Å²) in [7, 11) is 1.90. The Bertz CT molecular complexity index is 1300. The van der Waals surface area contributed by atoms with Crippen LogP contribution in [0.25, 0.3) is 33.3 Å². The van der Waals surface area contributed by atoms with E-state index in [1.807, 2.05) is 43.0 Å². The lowest BCUT2D eigenvalue weighted by Gasteiger charge is -2.04. The van der Waals surface area contributed by atoms with Crippen molar-refractivity contribution in [2.24, 2.45) is 0 Å². The fourth-order valence-electron chi connectivity index (χ4n) is 3.32. The maximum atomic E-state index is 12.5. The van der Waals surface area contributed by atoms with E-state index in [9.17, 15) is 4.79 Å². The number of fused-ring (bicyclic) bond motifs is 1. The molecule has 4 heterocycles. The number of anilines is 1. The van der Waals surface area contributed by atoms with E-state index < -0.39 is 0 Å². The number of carbonyl (C=O) groups excluding carboxylic acids is 1. The van der Waals surface area contributed by atoms with Crippen molar-refractivity contribution in [3.63, 3.8) is 0 Å². The van der Waals surface area contributed by atoms with Crippen molar-refractivity contribution < 1.29 is 4.79 Å². The van der Waals surface area contributed by atoms with Crippen molar-refractivity contribution in [1.82, 2.24) is 19.7 Å². The summed E-state index contributed by atoms with van der Waals surface area (Å²) in [6, 6.07) is 14.0. The Hall–Kier alpha value is -3.71. The molecule has 0 aliphatic rings. The normalized spacial score (nSPS) is 11.1. The van der Waals surface area contributed by atoms with Gasteiger partial charge in [0.05, 0.1) is 11.1 Å². The molecule has 0 unspecified atom stereocenters. The van der Waals surface area contributed by atoms with Gasteiger partial charge in [0, 0.05) is 53.4 Å². The van der Waals surface area contributed by atoms with Crippen molar-refractivity contribution in [2.75, 3.05) is 12.4 Å². The van der Waals surface area contributed by atoms with Gasteiger partial charge >= 0.3 is 0 Å². The molecule has 0 spiro atoms. The van der Waals surface area contributed by atoms with Crippen molar-refractivity contribution in [3.8, 4) is 22.3 Å². The van der Waals surface area contributed by atoms with Crippen LogP contribution in [-0.2, 0) is 0 Å². The Kier molecular flexibility index (Phi) is 4.22. The van der Waals surface area contributed by atoms with Crippen LogP contribution in [0.2, 0.25) is 0 Å². The second kappa shape index (κ2) is 7.03. The summed E-state index contributed by atoms with van der Waals surface area (Å²) in [5.74, 6) is -0.130. The number of H-pyrrole nitrogens is 1. The smallest absolute Gasteiger partial charge is 0.288 e. The third-order valence-electron chi connectivity index (χ3n) is 4.87. The highest BCUT2D eigenvalue weighted by Crippen LogP contribution is 2.31. The van der Waals surface area contributed by atoms with Crippen LogP contribution >= 0.6 is 11.3 Å². The molecule has 6 nitrogen and oxygen atoms in total. The first-order chi connectivity index (χ1) is 14.2. The number of pyridine rings is 1. The summed E-state index contributed by atoms with van der Waals surface area (Å²) in [5, 5.41) is 10.3. The number of nitrogens with zero attached hydrogens (tertiary/aromatic N) is 3. The van der Waals surface area contributed by atoms with E-state index in [0.717, 1.165) is 39.0 Å². The Morgan fingerprint density at radius 2 is 1.97 bits per heavy atom. The second-order valence-corrected chi connectivity index (χ2v) is 7.55. The van der Waals surface area contributed by atoms with E-state index in [4.69, 9.17) is 0 Å². The Balaban J connectivity index is 1.53. The standard InChI is InChI=1S/C22H17N5OS/c1-23-17-6-4-14(5-7-17)15-9-18-19(12-25-21(18)24-10-15)16-11-26-27(13-16)22(28)20-3-2-8-29-20/h2-13,23H,1H3,(H,24,25). The number of benzene rings is 1. The third kappa shape index (κ3) is 3.11. The van der Waals surface area contributed by atoms with Crippen LogP contribution in [0.4, 0.5) is 5.69 Å². The van der Waals surface area contributed by atoms with E-state index in [2.05, 4.69) is 38.6 Å². The van der Waals surface area contributed by atoms with Crippen LogP contribution in [0.15, 0.2) is 72.6 Å². The van der Waals surface area contributed by atoms with E-state index >= 15 is 0 Å². The van der Waals surface area contributed by atoms with Gasteiger partial charge in [0.1, 0.15) is 5.65 Å². The SMILES string of the molecule is CNc1ccc(-c2cnc3[nH]cc(-c4cnn(C(=O)c5cccs5)c4)c3c2)cc1. The van der Waals surface area contributed by atoms with Gasteiger partial charge in [-0.2, -0.15) is 5.10 Å². The molecule has 7 heteroatoms. The van der Waals surface area contributed by atoms with E-state index in [0.29, 0.717) is 4.88 Å². The van der Waals surface area contributed by atoms with Crippen LogP contribution in [-0.4, -0.2) is 32.7 Å². The first-order valence-electron chi connectivity index (χ1n) is 9.11. The largest absolute Gasteiger partial charge is 0.388 e. The predicted molar refractivity (Wildman–Crippen MR) is 116 cm³/mol. The zero-order chi connectivity index (χ0) is 19.8. The molecule has 0 atom stereocenters. The molecule has 0 fully saturated rings. The summed E-state index contributed by atoms with van der Waals surface area (Å²) in [5.41, 5.74) is 5.81. The molecule has 0 saturated carbocycles. The molecule has 2 N–H and O–H groups in total. The summed E-state index contributed by atoms with van der Waals surface area (Å²) in [6.07, 6.45) is 7.24. The summed E-state index contributed by atoms with van der Waals surface area (Å²) < 4.78 is 1.38. The molecule has 0 saturated heterocycles. The lowest BCUT2D eigenvalue weighted by atomic mass is 10.0. The van der Waals surface area contributed by atoms with Crippen molar-refractivity contribution in [3.05, 3.63) is 77.5 Å².